The molecule has 0 aliphatic heterocycles. The zero-order chi connectivity index (χ0) is 19.5. The molecule has 144 valence electrons. The van der Waals surface area contributed by atoms with Crippen LogP contribution in [0.5, 0.6) is 5.88 Å². The van der Waals surface area contributed by atoms with E-state index in [0.717, 1.165) is 28.4 Å². The van der Waals surface area contributed by atoms with Crippen molar-refractivity contribution < 1.29 is 17.7 Å². The molecule has 1 saturated carbocycles. The van der Waals surface area contributed by atoms with Crippen LogP contribution in [-0.2, 0) is 21.9 Å². The van der Waals surface area contributed by atoms with E-state index in [4.69, 9.17) is 9.26 Å². The molecule has 0 amide bonds. The summed E-state index contributed by atoms with van der Waals surface area (Å²) >= 11 is 3.51. The highest BCUT2D eigenvalue weighted by Crippen LogP contribution is 2.58. The Balaban J connectivity index is 1.59. The number of aromatic nitrogens is 2. The van der Waals surface area contributed by atoms with Crippen LogP contribution in [0.25, 0.3) is 11.3 Å². The van der Waals surface area contributed by atoms with E-state index in [2.05, 4.69) is 36.9 Å². The molecule has 1 aromatic carbocycles. The van der Waals surface area contributed by atoms with Crippen LogP contribution in [0.4, 0.5) is 5.82 Å². The lowest BCUT2D eigenvalue weighted by Gasteiger charge is -2.24. The van der Waals surface area contributed by atoms with E-state index < -0.39 is 10.0 Å². The predicted octanol–water partition coefficient (Wildman–Crippen LogP) is 3.90. The monoisotopic (exact) mass is 461 g/mol. The van der Waals surface area contributed by atoms with Gasteiger partial charge in [0.1, 0.15) is 4.90 Å². The van der Waals surface area contributed by atoms with Crippen LogP contribution in [-0.4, -0.2) is 25.7 Å². The lowest BCUT2D eigenvalue weighted by molar-refractivity contribution is 0.385. The third-order valence-corrected chi connectivity index (χ3v) is 7.25. The molecule has 0 atom stereocenters. The van der Waals surface area contributed by atoms with E-state index in [-0.39, 0.29) is 22.0 Å². The van der Waals surface area contributed by atoms with Crippen LogP contribution >= 0.6 is 15.9 Å². The Morgan fingerprint density at radius 1 is 1.29 bits per heavy atom. The molecule has 1 N–H and O–H groups in total. The van der Waals surface area contributed by atoms with E-state index in [1.165, 1.54) is 24.9 Å². The summed E-state index contributed by atoms with van der Waals surface area (Å²) in [4.78, 5) is 3.92. The van der Waals surface area contributed by atoms with Gasteiger partial charge in [-0.15, -0.1) is 0 Å². The highest BCUT2D eigenvalue weighted by Gasteiger charge is 2.50. The van der Waals surface area contributed by atoms with Crippen LogP contribution in [0.2, 0.25) is 0 Å². The second kappa shape index (κ2) is 6.05. The molecule has 0 bridgehead atoms. The first-order valence-corrected chi connectivity index (χ1v) is 11.0. The lowest BCUT2D eigenvalue weighted by atomic mass is 9.79. The average Bonchev–Trinajstić information content (AvgIpc) is 3.35. The van der Waals surface area contributed by atoms with Gasteiger partial charge in [0, 0.05) is 27.2 Å². The number of hydrogen-bond acceptors (Lipinski definition) is 6. The van der Waals surface area contributed by atoms with Gasteiger partial charge in [-0.3, -0.25) is 4.72 Å². The van der Waals surface area contributed by atoms with Crippen molar-refractivity contribution in [3.05, 3.63) is 52.1 Å². The minimum absolute atomic E-state index is 0.0281. The summed E-state index contributed by atoms with van der Waals surface area (Å²) in [6.45, 7) is 0. The minimum Gasteiger partial charge on any atom is -0.480 e. The molecular weight excluding hydrogens is 446 g/mol. The first-order valence-electron chi connectivity index (χ1n) is 8.74. The smallest absolute Gasteiger partial charge is 0.268 e. The number of halogens is 1. The molecule has 1 spiro atoms. The Hall–Kier alpha value is -2.39. The van der Waals surface area contributed by atoms with E-state index in [1.54, 1.807) is 6.07 Å². The van der Waals surface area contributed by atoms with Crippen molar-refractivity contribution in [2.45, 2.75) is 29.6 Å². The van der Waals surface area contributed by atoms with E-state index in [9.17, 15) is 8.42 Å². The zero-order valence-corrected chi connectivity index (χ0v) is 17.3. The Bertz CT molecular complexity index is 1200. The Morgan fingerprint density at radius 3 is 2.86 bits per heavy atom. The molecule has 7 nitrogen and oxygen atoms in total. The number of sulfonamides is 1. The molecule has 28 heavy (non-hydrogen) atoms. The quantitative estimate of drug-likeness (QED) is 0.632. The third kappa shape index (κ3) is 2.64. The summed E-state index contributed by atoms with van der Waals surface area (Å²) < 4.78 is 40.0. The largest absolute Gasteiger partial charge is 0.480 e. The van der Waals surface area contributed by atoms with Crippen molar-refractivity contribution >= 4 is 31.8 Å². The first-order chi connectivity index (χ1) is 13.4. The second-order valence-corrected chi connectivity index (χ2v) is 9.67. The predicted molar refractivity (Wildman–Crippen MR) is 106 cm³/mol. The maximum atomic E-state index is 12.9. The number of fused-ring (bicyclic) bond motifs is 4. The van der Waals surface area contributed by atoms with Gasteiger partial charge in [-0.05, 0) is 49.1 Å². The topological polar surface area (TPSA) is 94.3 Å². The van der Waals surface area contributed by atoms with Gasteiger partial charge in [0.15, 0.2) is 11.6 Å². The zero-order valence-electron chi connectivity index (χ0n) is 14.9. The van der Waals surface area contributed by atoms with Crippen molar-refractivity contribution in [1.82, 2.24) is 10.1 Å². The molecule has 2 aromatic heterocycles. The number of ether oxygens (including phenoxy) is 1. The minimum atomic E-state index is -3.93. The molecule has 0 saturated heterocycles. The third-order valence-electron chi connectivity index (χ3n) is 5.40. The number of benzene rings is 1. The molecule has 1 fully saturated rings. The Labute approximate surface area is 170 Å². The number of nitrogens with one attached hydrogen (secondary N) is 1. The fourth-order valence-corrected chi connectivity index (χ4v) is 5.39. The summed E-state index contributed by atoms with van der Waals surface area (Å²) in [5, 5.41) is 4.04. The molecule has 2 aliphatic rings. The van der Waals surface area contributed by atoms with Crippen LogP contribution in [0, 0.1) is 0 Å². The highest BCUT2D eigenvalue weighted by molar-refractivity contribution is 9.10. The molecule has 9 heteroatoms. The number of anilines is 1. The highest BCUT2D eigenvalue weighted by atomic mass is 79.9. The van der Waals surface area contributed by atoms with Gasteiger partial charge in [-0.1, -0.05) is 27.2 Å². The van der Waals surface area contributed by atoms with Crippen molar-refractivity contribution in [3.63, 3.8) is 0 Å². The molecule has 2 heterocycles. The average molecular weight is 462 g/mol. The first kappa shape index (κ1) is 17.7. The second-order valence-electron chi connectivity index (χ2n) is 7.10. The Kier molecular flexibility index (Phi) is 3.82. The van der Waals surface area contributed by atoms with Gasteiger partial charge >= 0.3 is 0 Å². The van der Waals surface area contributed by atoms with Crippen LogP contribution in [0.1, 0.15) is 24.0 Å². The number of rotatable bonds is 4. The van der Waals surface area contributed by atoms with Crippen molar-refractivity contribution in [3.8, 4) is 17.2 Å². The van der Waals surface area contributed by atoms with Gasteiger partial charge in [0.25, 0.3) is 10.0 Å². The van der Waals surface area contributed by atoms with E-state index >= 15 is 0 Å². The maximum Gasteiger partial charge on any atom is 0.268 e. The summed E-state index contributed by atoms with van der Waals surface area (Å²) in [5.41, 5.74) is 3.03. The van der Waals surface area contributed by atoms with Crippen molar-refractivity contribution in [1.29, 1.82) is 0 Å². The SMILES string of the molecule is COc1ncccc1S(=O)(=O)Nc1noc2c1CC1(CC1)c1ccc(Br)cc1-2. The van der Waals surface area contributed by atoms with E-state index in [1.807, 2.05) is 12.1 Å². The van der Waals surface area contributed by atoms with Crippen LogP contribution < -0.4 is 9.46 Å². The van der Waals surface area contributed by atoms with Crippen LogP contribution in [0.15, 0.2) is 50.4 Å². The fourth-order valence-electron chi connectivity index (χ4n) is 3.88. The number of hydrogen-bond donors (Lipinski definition) is 1. The molecule has 5 rings (SSSR count). The van der Waals surface area contributed by atoms with Crippen molar-refractivity contribution in [2.75, 3.05) is 11.8 Å². The van der Waals surface area contributed by atoms with E-state index in [0.29, 0.717) is 12.2 Å². The lowest BCUT2D eigenvalue weighted by Crippen LogP contribution is -2.20. The van der Waals surface area contributed by atoms with Gasteiger partial charge in [0.05, 0.1) is 7.11 Å². The molecular formula is C19H16BrN3O4S. The number of methoxy groups -OCH3 is 1. The van der Waals surface area contributed by atoms with Gasteiger partial charge in [-0.2, -0.15) is 0 Å². The maximum absolute atomic E-state index is 12.9. The van der Waals surface area contributed by atoms with Gasteiger partial charge in [-0.25, -0.2) is 13.4 Å². The normalized spacial score (nSPS) is 16.4. The Morgan fingerprint density at radius 2 is 2.11 bits per heavy atom. The molecule has 3 aromatic rings. The molecule has 2 aliphatic carbocycles. The standard InChI is InChI=1S/C19H16BrN3O4S/c1-26-18-15(3-2-8-21-18)28(24,25)23-17-13-10-19(6-7-19)14-5-4-11(20)9-12(14)16(13)27-22-17/h2-5,8-9H,6-7,10H2,1H3,(H,22,23). The van der Waals surface area contributed by atoms with Crippen molar-refractivity contribution in [2.24, 2.45) is 0 Å². The summed E-state index contributed by atoms with van der Waals surface area (Å²) in [6.07, 6.45) is 4.30. The number of pyridine rings is 1. The summed E-state index contributed by atoms with van der Waals surface area (Å²) in [5.74, 6) is 0.864. The van der Waals surface area contributed by atoms with Gasteiger partial charge < -0.3 is 9.26 Å². The summed E-state index contributed by atoms with van der Waals surface area (Å²) in [6, 6.07) is 9.12. The van der Waals surface area contributed by atoms with Gasteiger partial charge in [0.2, 0.25) is 5.88 Å². The number of nitrogens with zero attached hydrogens (tertiary/aromatic N) is 2. The van der Waals surface area contributed by atoms with Crippen LogP contribution in [0.3, 0.4) is 0 Å². The molecule has 0 unspecified atom stereocenters. The molecule has 0 radical (unpaired) electrons. The fraction of sp³-hybridized carbons (Fsp3) is 0.263. The summed E-state index contributed by atoms with van der Waals surface area (Å²) in [7, 11) is -2.55.